The van der Waals surface area contributed by atoms with Gasteiger partial charge in [-0.3, -0.25) is 0 Å². The molecular formula is C15H24O5. The molecule has 0 radical (unpaired) electrons. The Hall–Kier alpha value is -1.59. The van der Waals surface area contributed by atoms with Crippen molar-refractivity contribution in [2.75, 3.05) is 39.6 Å². The average Bonchev–Trinajstić information content (AvgIpc) is 2.39. The van der Waals surface area contributed by atoms with Crippen molar-refractivity contribution in [2.45, 2.75) is 13.8 Å². The summed E-state index contributed by atoms with van der Waals surface area (Å²) in [7, 11) is 0. The largest absolute Gasteiger partial charge is 0.492 e. The second kappa shape index (κ2) is 11.3. The summed E-state index contributed by atoms with van der Waals surface area (Å²) in [5, 5.41) is 0. The van der Waals surface area contributed by atoms with E-state index in [1.54, 1.807) is 6.92 Å². The van der Waals surface area contributed by atoms with Gasteiger partial charge < -0.3 is 18.9 Å². The Morgan fingerprint density at radius 3 is 1.65 bits per heavy atom. The van der Waals surface area contributed by atoms with Gasteiger partial charge in [-0.25, -0.2) is 4.79 Å². The van der Waals surface area contributed by atoms with Gasteiger partial charge in [0.15, 0.2) is 0 Å². The first-order chi connectivity index (χ1) is 9.45. The number of esters is 1. The van der Waals surface area contributed by atoms with E-state index in [2.05, 4.69) is 19.7 Å². The van der Waals surface area contributed by atoms with Crippen molar-refractivity contribution < 1.29 is 23.7 Å². The Bertz CT molecular complexity index is 312. The third kappa shape index (κ3) is 10.3. The molecule has 0 aliphatic carbocycles. The molecule has 0 bridgehead atoms. The lowest BCUT2D eigenvalue weighted by Crippen LogP contribution is -2.14. The van der Waals surface area contributed by atoms with Crippen LogP contribution in [0.25, 0.3) is 0 Å². The van der Waals surface area contributed by atoms with Crippen molar-refractivity contribution in [1.82, 2.24) is 0 Å². The molecule has 5 nitrogen and oxygen atoms in total. The van der Waals surface area contributed by atoms with Crippen LogP contribution in [0.15, 0.2) is 36.6 Å². The van der Waals surface area contributed by atoms with E-state index in [-0.39, 0.29) is 6.61 Å². The van der Waals surface area contributed by atoms with Crippen LogP contribution in [0, 0.1) is 0 Å². The molecule has 114 valence electrons. The Morgan fingerprint density at radius 1 is 0.750 bits per heavy atom. The van der Waals surface area contributed by atoms with Crippen LogP contribution in [0.5, 0.6) is 0 Å². The van der Waals surface area contributed by atoms with E-state index >= 15 is 0 Å². The number of hydrogen-bond acceptors (Lipinski definition) is 5. The van der Waals surface area contributed by atoms with Crippen LogP contribution >= 0.6 is 0 Å². The number of carbonyl (C=O) groups is 1. The number of allylic oxidation sites excluding steroid dienone is 1. The Labute approximate surface area is 120 Å². The number of rotatable bonds is 12. The lowest BCUT2D eigenvalue weighted by Gasteiger charge is -2.09. The van der Waals surface area contributed by atoms with Gasteiger partial charge in [-0.2, -0.15) is 0 Å². The Balaban J connectivity index is 3.25. The molecule has 0 amide bonds. The molecule has 0 aromatic heterocycles. The van der Waals surface area contributed by atoms with E-state index in [4.69, 9.17) is 18.9 Å². The maximum atomic E-state index is 11.0. The lowest BCUT2D eigenvalue weighted by atomic mass is 10.3. The van der Waals surface area contributed by atoms with Crippen LogP contribution < -0.4 is 0 Å². The first-order valence-corrected chi connectivity index (χ1v) is 6.41. The molecule has 0 fully saturated rings. The van der Waals surface area contributed by atoms with Crippen LogP contribution in [-0.4, -0.2) is 45.6 Å². The van der Waals surface area contributed by atoms with E-state index in [0.29, 0.717) is 44.4 Å². The van der Waals surface area contributed by atoms with Gasteiger partial charge in [0.25, 0.3) is 0 Å². The van der Waals surface area contributed by atoms with Crippen LogP contribution in [0.4, 0.5) is 0 Å². The van der Waals surface area contributed by atoms with Crippen molar-refractivity contribution in [2.24, 2.45) is 0 Å². The molecule has 0 aromatic carbocycles. The maximum absolute atomic E-state index is 11.0. The van der Waals surface area contributed by atoms with Gasteiger partial charge in [-0.05, 0) is 19.4 Å². The molecule has 0 unspecified atom stereocenters. The van der Waals surface area contributed by atoms with Gasteiger partial charge in [-0.1, -0.05) is 19.7 Å². The third-order valence-corrected chi connectivity index (χ3v) is 2.16. The molecule has 0 N–H and O–H groups in total. The molecule has 0 saturated carbocycles. The lowest BCUT2D eigenvalue weighted by molar-refractivity contribution is -0.140. The predicted molar refractivity (Wildman–Crippen MR) is 77.3 cm³/mol. The van der Waals surface area contributed by atoms with Gasteiger partial charge in [0.1, 0.15) is 19.0 Å². The Morgan fingerprint density at radius 2 is 1.20 bits per heavy atom. The fourth-order valence-electron chi connectivity index (χ4n) is 0.985. The fourth-order valence-corrected chi connectivity index (χ4v) is 0.985. The molecule has 0 spiro atoms. The van der Waals surface area contributed by atoms with Crippen molar-refractivity contribution in [3.05, 3.63) is 36.6 Å². The zero-order valence-corrected chi connectivity index (χ0v) is 12.4. The molecule has 0 aliphatic heterocycles. The van der Waals surface area contributed by atoms with Crippen LogP contribution in [0.2, 0.25) is 0 Å². The minimum absolute atomic E-state index is 0.216. The zero-order chi connectivity index (χ0) is 15.4. The van der Waals surface area contributed by atoms with E-state index in [0.717, 1.165) is 5.57 Å². The van der Waals surface area contributed by atoms with Gasteiger partial charge in [-0.15, -0.1) is 0 Å². The van der Waals surface area contributed by atoms with E-state index in [9.17, 15) is 4.79 Å². The molecule has 0 heterocycles. The molecule has 0 rings (SSSR count). The monoisotopic (exact) mass is 284 g/mol. The van der Waals surface area contributed by atoms with Gasteiger partial charge >= 0.3 is 5.97 Å². The SMILES string of the molecule is C=C(C)C(=C)OCCOCCOCCOC(=O)C(=C)C. The smallest absolute Gasteiger partial charge is 0.333 e. The molecule has 20 heavy (non-hydrogen) atoms. The summed E-state index contributed by atoms with van der Waals surface area (Å²) in [6.07, 6.45) is 0. The second-order valence-corrected chi connectivity index (χ2v) is 4.19. The summed E-state index contributed by atoms with van der Waals surface area (Å²) in [6, 6.07) is 0. The Kier molecular flexibility index (Phi) is 10.4. The average molecular weight is 284 g/mol. The molecule has 0 saturated heterocycles. The molecule has 0 aromatic rings. The van der Waals surface area contributed by atoms with Crippen molar-refractivity contribution in [1.29, 1.82) is 0 Å². The summed E-state index contributed by atoms with van der Waals surface area (Å²) < 4.78 is 20.6. The molecule has 0 aliphatic rings. The summed E-state index contributed by atoms with van der Waals surface area (Å²) in [5.74, 6) is 0.170. The molecule has 5 heteroatoms. The van der Waals surface area contributed by atoms with E-state index in [1.165, 1.54) is 0 Å². The second-order valence-electron chi connectivity index (χ2n) is 4.19. The normalized spacial score (nSPS) is 9.90. The highest BCUT2D eigenvalue weighted by Crippen LogP contribution is 2.04. The zero-order valence-electron chi connectivity index (χ0n) is 12.4. The summed E-state index contributed by atoms with van der Waals surface area (Å²) in [4.78, 5) is 11.0. The molecular weight excluding hydrogens is 260 g/mol. The van der Waals surface area contributed by atoms with Crippen LogP contribution in [0.3, 0.4) is 0 Å². The highest BCUT2D eigenvalue weighted by atomic mass is 16.6. The van der Waals surface area contributed by atoms with Gasteiger partial charge in [0, 0.05) is 5.57 Å². The quantitative estimate of drug-likeness (QED) is 0.181. The number of carbonyl (C=O) groups excluding carboxylic acids is 1. The number of hydrogen-bond donors (Lipinski definition) is 0. The maximum Gasteiger partial charge on any atom is 0.333 e. The van der Waals surface area contributed by atoms with E-state index in [1.807, 2.05) is 6.92 Å². The minimum Gasteiger partial charge on any atom is -0.492 e. The highest BCUT2D eigenvalue weighted by molar-refractivity contribution is 5.86. The van der Waals surface area contributed by atoms with E-state index < -0.39 is 5.97 Å². The van der Waals surface area contributed by atoms with Gasteiger partial charge in [0.2, 0.25) is 0 Å². The van der Waals surface area contributed by atoms with Crippen molar-refractivity contribution in [3.63, 3.8) is 0 Å². The predicted octanol–water partition coefficient (Wildman–Crippen LogP) is 2.25. The minimum atomic E-state index is -0.403. The number of ether oxygens (including phenoxy) is 4. The first-order valence-electron chi connectivity index (χ1n) is 6.41. The van der Waals surface area contributed by atoms with Crippen LogP contribution in [-0.2, 0) is 23.7 Å². The van der Waals surface area contributed by atoms with Crippen molar-refractivity contribution in [3.8, 4) is 0 Å². The third-order valence-electron chi connectivity index (χ3n) is 2.16. The summed E-state index contributed by atoms with van der Waals surface area (Å²) in [5.41, 5.74) is 1.18. The summed E-state index contributed by atoms with van der Waals surface area (Å²) in [6.45, 7) is 16.7. The summed E-state index contributed by atoms with van der Waals surface area (Å²) >= 11 is 0. The standard InChI is InChI=1S/C15H24O5/c1-12(2)14(5)19-10-8-17-6-7-18-9-11-20-15(16)13(3)4/h1,3,5-11H2,2,4H3. The molecule has 0 atom stereocenters. The highest BCUT2D eigenvalue weighted by Gasteiger charge is 2.01. The first kappa shape index (κ1) is 18.4. The topological polar surface area (TPSA) is 54.0 Å². The van der Waals surface area contributed by atoms with Gasteiger partial charge in [0.05, 0.1) is 26.4 Å². The van der Waals surface area contributed by atoms with Crippen LogP contribution in [0.1, 0.15) is 13.8 Å². The fraction of sp³-hybridized carbons (Fsp3) is 0.533. The van der Waals surface area contributed by atoms with Crippen molar-refractivity contribution >= 4 is 5.97 Å².